The number of rotatable bonds is 15. The average Bonchev–Trinajstić information content (AvgIpc) is 3.46. The minimum absolute atomic E-state index is 0.00295. The molecule has 2 aliphatic heterocycles. The molecule has 5 rings (SSSR count). The number of halogens is 1. The van der Waals surface area contributed by atoms with Gasteiger partial charge in [-0.3, -0.25) is 10.2 Å². The summed E-state index contributed by atoms with van der Waals surface area (Å²) in [6.45, 7) is 5.10. The van der Waals surface area contributed by atoms with Crippen molar-refractivity contribution in [2.75, 3.05) is 19.8 Å². The molecule has 1 fully saturated rings. The number of fused-ring (bicyclic) bond motifs is 1. The van der Waals surface area contributed by atoms with Gasteiger partial charge in [-0.2, -0.15) is 15.1 Å². The van der Waals surface area contributed by atoms with Gasteiger partial charge in [0.1, 0.15) is 24.0 Å². The molecule has 1 saturated carbocycles. The number of ether oxygens (including phenoxy) is 3. The van der Waals surface area contributed by atoms with Crippen molar-refractivity contribution >= 4 is 51.4 Å². The quantitative estimate of drug-likeness (QED) is 0.152. The zero-order valence-corrected chi connectivity index (χ0v) is 27.9. The van der Waals surface area contributed by atoms with Gasteiger partial charge in [-0.05, 0) is 91.8 Å². The number of nitrogens with one attached hydrogen (secondary N) is 1. The van der Waals surface area contributed by atoms with Crippen LogP contribution in [0.3, 0.4) is 0 Å². The van der Waals surface area contributed by atoms with Crippen LogP contribution in [-0.4, -0.2) is 46.8 Å². The third kappa shape index (κ3) is 8.70. The smallest absolute Gasteiger partial charge is 0.283 e. The molecule has 0 bridgehead atoms. The maximum atomic E-state index is 13.0. The highest BCUT2D eigenvalue weighted by Gasteiger charge is 2.35. The highest BCUT2D eigenvalue weighted by atomic mass is 35.5. The van der Waals surface area contributed by atoms with E-state index in [1.54, 1.807) is 18.2 Å². The van der Waals surface area contributed by atoms with Crippen LogP contribution in [0, 0.1) is 5.41 Å². The van der Waals surface area contributed by atoms with Crippen molar-refractivity contribution in [3.8, 4) is 17.2 Å². The van der Waals surface area contributed by atoms with E-state index in [-0.39, 0.29) is 18.0 Å². The van der Waals surface area contributed by atoms with E-state index in [9.17, 15) is 4.79 Å². The van der Waals surface area contributed by atoms with Crippen molar-refractivity contribution in [2.45, 2.75) is 90.4 Å². The van der Waals surface area contributed by atoms with Crippen molar-refractivity contribution in [2.24, 2.45) is 10.1 Å². The molecule has 3 aliphatic rings. The van der Waals surface area contributed by atoms with Gasteiger partial charge in [0.2, 0.25) is 5.17 Å². The van der Waals surface area contributed by atoms with Crippen LogP contribution in [0.15, 0.2) is 52.1 Å². The van der Waals surface area contributed by atoms with Gasteiger partial charge in [0.25, 0.3) is 5.91 Å². The van der Waals surface area contributed by atoms with Crippen LogP contribution in [0.5, 0.6) is 17.2 Å². The Morgan fingerprint density at radius 3 is 2.51 bits per heavy atom. The van der Waals surface area contributed by atoms with Crippen molar-refractivity contribution in [3.05, 3.63) is 58.1 Å². The fourth-order valence-electron chi connectivity index (χ4n) is 5.83. The fourth-order valence-corrected chi connectivity index (χ4v) is 7.03. The van der Waals surface area contributed by atoms with Gasteiger partial charge in [0.05, 0.1) is 17.2 Å². The first-order chi connectivity index (χ1) is 22.0. The summed E-state index contributed by atoms with van der Waals surface area (Å²) in [6, 6.07) is 11.9. The van der Waals surface area contributed by atoms with Crippen molar-refractivity contribution < 1.29 is 19.0 Å². The lowest BCUT2D eigenvalue weighted by atomic mass is 9.84. The third-order valence-corrected chi connectivity index (χ3v) is 9.44. The lowest BCUT2D eigenvalue weighted by Crippen LogP contribution is -2.35. The van der Waals surface area contributed by atoms with Crippen LogP contribution in [-0.2, 0) is 4.79 Å². The minimum atomic E-state index is -0.475. The molecule has 2 heterocycles. The van der Waals surface area contributed by atoms with E-state index < -0.39 is 5.91 Å². The second-order valence-electron chi connectivity index (χ2n) is 11.5. The number of amidine groups is 2. The monoisotopic (exact) mass is 650 g/mol. The van der Waals surface area contributed by atoms with Gasteiger partial charge >= 0.3 is 0 Å². The number of carbonyl (C=O) groups is 1. The number of benzene rings is 2. The largest absolute Gasteiger partial charge is 0.490 e. The zero-order valence-electron chi connectivity index (χ0n) is 26.3. The minimum Gasteiger partial charge on any atom is -0.490 e. The lowest BCUT2D eigenvalue weighted by Gasteiger charge is -2.22. The Balaban J connectivity index is 1.20. The normalized spacial score (nSPS) is 17.8. The molecule has 240 valence electrons. The van der Waals surface area contributed by atoms with Gasteiger partial charge < -0.3 is 14.2 Å². The molecule has 45 heavy (non-hydrogen) atoms. The van der Waals surface area contributed by atoms with Crippen LogP contribution in [0.4, 0.5) is 0 Å². The van der Waals surface area contributed by atoms with Crippen molar-refractivity contribution in [1.82, 2.24) is 5.01 Å². The summed E-state index contributed by atoms with van der Waals surface area (Å²) in [7, 11) is 0. The Morgan fingerprint density at radius 1 is 1.00 bits per heavy atom. The number of nitrogens with zero attached hydrogens (tertiary/aromatic N) is 3. The second kappa shape index (κ2) is 16.3. The molecule has 0 radical (unpaired) electrons. The summed E-state index contributed by atoms with van der Waals surface area (Å²) >= 11 is 8.03. The number of aliphatic imine (C=N–C) groups is 1. The summed E-state index contributed by atoms with van der Waals surface area (Å²) in [5, 5.41) is 16.4. The predicted octanol–water partition coefficient (Wildman–Crippen LogP) is 9.22. The molecule has 2 aromatic rings. The van der Waals surface area contributed by atoms with Gasteiger partial charge in [-0.1, -0.05) is 75.6 Å². The topological polar surface area (TPSA) is 96.6 Å². The van der Waals surface area contributed by atoms with Crippen molar-refractivity contribution in [1.29, 1.82) is 5.41 Å². The number of unbranched alkanes of at least 4 members (excludes halogenated alkanes) is 4. The summed E-state index contributed by atoms with van der Waals surface area (Å²) < 4.78 is 17.8. The Morgan fingerprint density at radius 2 is 1.76 bits per heavy atom. The lowest BCUT2D eigenvalue weighted by molar-refractivity contribution is -0.114. The number of hydrazone groups is 1. The average molecular weight is 651 g/mol. The highest BCUT2D eigenvalue weighted by molar-refractivity contribution is 8.26. The number of amides is 1. The van der Waals surface area contributed by atoms with Crippen molar-refractivity contribution in [3.63, 3.8) is 0 Å². The molecule has 8 nitrogen and oxygen atoms in total. The molecule has 10 heteroatoms. The van der Waals surface area contributed by atoms with Gasteiger partial charge in [-0.25, -0.2) is 0 Å². The molecule has 1 N–H and O–H groups in total. The molecule has 0 spiro atoms. The maximum Gasteiger partial charge on any atom is 0.283 e. The summed E-state index contributed by atoms with van der Waals surface area (Å²) in [6.07, 6.45) is 14.8. The number of hydrogen-bond donors (Lipinski definition) is 1. The maximum absolute atomic E-state index is 13.0. The fraction of sp³-hybridized carbons (Fsp3) is 0.486. The van der Waals surface area contributed by atoms with E-state index in [2.05, 4.69) is 29.2 Å². The molecule has 1 aliphatic carbocycles. The van der Waals surface area contributed by atoms with E-state index >= 15 is 0 Å². The molecule has 0 atom stereocenters. The first-order valence-corrected chi connectivity index (χ1v) is 17.5. The molecule has 0 saturated heterocycles. The van der Waals surface area contributed by atoms with E-state index in [4.69, 9.17) is 31.2 Å². The van der Waals surface area contributed by atoms with Crippen LogP contribution < -0.4 is 14.2 Å². The summed E-state index contributed by atoms with van der Waals surface area (Å²) in [5.41, 5.74) is 2.13. The summed E-state index contributed by atoms with van der Waals surface area (Å²) in [5.74, 6) is 1.85. The van der Waals surface area contributed by atoms with Crippen LogP contribution >= 0.6 is 23.4 Å². The van der Waals surface area contributed by atoms with Gasteiger partial charge in [0.15, 0.2) is 17.3 Å². The molecule has 0 unspecified atom stereocenters. The zero-order chi connectivity index (χ0) is 31.6. The van der Waals surface area contributed by atoms with E-state index in [0.29, 0.717) is 46.4 Å². The van der Waals surface area contributed by atoms with E-state index in [0.717, 1.165) is 30.1 Å². The van der Waals surface area contributed by atoms with Crippen LogP contribution in [0.1, 0.15) is 102 Å². The SMILES string of the molecule is CCCCCCCC1=NN2C(=N)/C(=C/c3cc(Cl)c(OCCOc4ccc(C5CCCCC5)cc4)c(OCC)c3)C(=O)N=C2S1. The number of thioether (sulfide) groups is 1. The van der Waals surface area contributed by atoms with Crippen LogP contribution in [0.25, 0.3) is 6.08 Å². The molecule has 0 aromatic heterocycles. The highest BCUT2D eigenvalue weighted by Crippen LogP contribution is 2.38. The Labute approximate surface area is 275 Å². The number of carbonyl (C=O) groups excluding carboxylic acids is 1. The van der Waals surface area contributed by atoms with E-state index in [1.165, 1.54) is 73.7 Å². The Kier molecular flexibility index (Phi) is 12.0. The predicted molar refractivity (Wildman–Crippen MR) is 184 cm³/mol. The van der Waals surface area contributed by atoms with Gasteiger partial charge in [-0.15, -0.1) is 0 Å². The standard InChI is InChI=1S/C35H43ClN4O4S/c1-3-5-6-7-11-14-31-39-40-33(37)28(34(41)38-35(40)45-31)21-24-22-29(36)32(30(23-24)42-4-2)44-20-19-43-27-17-15-26(16-18-27)25-12-9-8-10-13-25/h15-18,21-23,25,37H,3-14,19-20H2,1-2H3/b28-21-,37-33?. The second-order valence-corrected chi connectivity index (χ2v) is 13.0. The first-order valence-electron chi connectivity index (χ1n) is 16.3. The molecule has 2 aromatic carbocycles. The van der Waals surface area contributed by atoms with E-state index in [1.807, 2.05) is 19.1 Å². The molecular weight excluding hydrogens is 608 g/mol. The Hall–Kier alpha value is -3.30. The molecule has 1 amide bonds. The Bertz CT molecular complexity index is 1450. The third-order valence-electron chi connectivity index (χ3n) is 8.19. The number of hydrogen-bond acceptors (Lipinski definition) is 7. The van der Waals surface area contributed by atoms with Gasteiger partial charge in [0, 0.05) is 0 Å². The summed E-state index contributed by atoms with van der Waals surface area (Å²) in [4.78, 5) is 17.2. The first kappa shape index (κ1) is 33.1. The van der Waals surface area contributed by atoms with Crippen LogP contribution in [0.2, 0.25) is 5.02 Å². The molecular formula is C35H43ClN4O4S.